The molecule has 13 heteroatoms. The van der Waals surface area contributed by atoms with Crippen LogP contribution in [0.15, 0.2) is 34.2 Å². The van der Waals surface area contributed by atoms with Crippen molar-refractivity contribution in [3.63, 3.8) is 0 Å². The SMILES string of the molecule is CC(=O)N1CCN(C(=O)c2ccc(-c3cc(=NC4CC4)n4nc/c(=C/c5[nH]c(=O)[nH]c5O)c4n3)s2)CC1. The highest BCUT2D eigenvalue weighted by Crippen LogP contribution is 2.28. The molecular formula is C24H24N8O4S. The van der Waals surface area contributed by atoms with E-state index in [4.69, 9.17) is 9.98 Å². The monoisotopic (exact) mass is 520 g/mol. The Morgan fingerprint density at radius 1 is 1.16 bits per heavy atom. The highest BCUT2D eigenvalue weighted by atomic mass is 32.1. The van der Waals surface area contributed by atoms with Crippen LogP contribution in [0.2, 0.25) is 0 Å². The quantitative estimate of drug-likeness (QED) is 0.347. The summed E-state index contributed by atoms with van der Waals surface area (Å²) in [5.74, 6) is -0.309. The normalized spacial score (nSPS) is 17.2. The van der Waals surface area contributed by atoms with Crippen LogP contribution in [0.5, 0.6) is 5.88 Å². The lowest BCUT2D eigenvalue weighted by Crippen LogP contribution is -2.49. The van der Waals surface area contributed by atoms with Crippen LogP contribution in [0.4, 0.5) is 0 Å². The van der Waals surface area contributed by atoms with E-state index in [1.807, 2.05) is 12.1 Å². The molecule has 6 rings (SSSR count). The lowest BCUT2D eigenvalue weighted by molar-refractivity contribution is -0.130. The Bertz CT molecular complexity index is 1700. The molecule has 37 heavy (non-hydrogen) atoms. The summed E-state index contributed by atoms with van der Waals surface area (Å²) in [6, 6.07) is 5.78. The standard InChI is InChI=1S/C24H24N8O4S/c1-13(33)30-6-8-31(9-7-30)23(35)19-5-4-18(37-19)16-11-20(26-15-2-3-15)32-21(27-16)14(12-25-32)10-17-22(34)29-24(36)28-17/h4-5,10-12,15,34H,2-3,6-9H2,1H3,(H2,28,29,36)/b14-10-,26-20?. The number of carbonyl (C=O) groups excluding carboxylic acids is 2. The number of hydrogen-bond donors (Lipinski definition) is 3. The van der Waals surface area contributed by atoms with Gasteiger partial charge < -0.3 is 19.9 Å². The van der Waals surface area contributed by atoms with Crippen molar-refractivity contribution in [2.75, 3.05) is 26.2 Å². The van der Waals surface area contributed by atoms with Crippen LogP contribution in [-0.2, 0) is 4.79 Å². The molecule has 3 N–H and O–H groups in total. The average molecular weight is 521 g/mol. The van der Waals surface area contributed by atoms with E-state index in [2.05, 4.69) is 15.1 Å². The molecular weight excluding hydrogens is 496 g/mol. The van der Waals surface area contributed by atoms with Gasteiger partial charge in [0.1, 0.15) is 5.69 Å². The maximum Gasteiger partial charge on any atom is 0.326 e. The summed E-state index contributed by atoms with van der Waals surface area (Å²) < 4.78 is 1.64. The van der Waals surface area contributed by atoms with Gasteiger partial charge in [0.2, 0.25) is 11.8 Å². The first-order chi connectivity index (χ1) is 17.9. The first kappa shape index (κ1) is 23.2. The van der Waals surface area contributed by atoms with Crippen molar-refractivity contribution in [2.24, 2.45) is 4.99 Å². The van der Waals surface area contributed by atoms with Crippen LogP contribution in [0.3, 0.4) is 0 Å². The number of nitrogens with one attached hydrogen (secondary N) is 2. The van der Waals surface area contributed by atoms with Gasteiger partial charge in [0.05, 0.1) is 27.7 Å². The van der Waals surface area contributed by atoms with Gasteiger partial charge in [-0.25, -0.2) is 9.78 Å². The highest BCUT2D eigenvalue weighted by Gasteiger charge is 2.25. The van der Waals surface area contributed by atoms with Gasteiger partial charge in [-0.15, -0.1) is 11.3 Å². The fourth-order valence-electron chi connectivity index (χ4n) is 4.29. The Morgan fingerprint density at radius 2 is 1.92 bits per heavy atom. The van der Waals surface area contributed by atoms with E-state index in [-0.39, 0.29) is 29.4 Å². The van der Waals surface area contributed by atoms with Gasteiger partial charge in [-0.1, -0.05) is 0 Å². The van der Waals surface area contributed by atoms with Gasteiger partial charge >= 0.3 is 5.69 Å². The summed E-state index contributed by atoms with van der Waals surface area (Å²) in [4.78, 5) is 55.6. The lowest BCUT2D eigenvalue weighted by atomic mass is 10.2. The van der Waals surface area contributed by atoms with E-state index in [0.29, 0.717) is 53.1 Å². The highest BCUT2D eigenvalue weighted by molar-refractivity contribution is 7.17. The number of H-pyrrole nitrogens is 2. The Labute approximate surface area is 213 Å². The number of fused-ring (bicyclic) bond motifs is 1. The van der Waals surface area contributed by atoms with Gasteiger partial charge in [-0.05, 0) is 31.1 Å². The zero-order valence-corrected chi connectivity index (χ0v) is 20.8. The molecule has 2 aliphatic rings. The van der Waals surface area contributed by atoms with Gasteiger partial charge in [0.25, 0.3) is 5.91 Å². The fraction of sp³-hybridized carbons (Fsp3) is 0.333. The van der Waals surface area contributed by atoms with Gasteiger partial charge in [-0.2, -0.15) is 9.61 Å². The van der Waals surface area contributed by atoms with Crippen molar-refractivity contribution in [1.82, 2.24) is 34.4 Å². The van der Waals surface area contributed by atoms with Crippen molar-refractivity contribution in [1.29, 1.82) is 0 Å². The van der Waals surface area contributed by atoms with Crippen LogP contribution in [0.25, 0.3) is 22.3 Å². The minimum absolute atomic E-state index is 0.0222. The number of carbonyl (C=O) groups is 2. The maximum atomic E-state index is 13.1. The average Bonchev–Trinajstić information content (AvgIpc) is 3.25. The second kappa shape index (κ2) is 9.00. The van der Waals surface area contributed by atoms with Crippen LogP contribution in [0, 0.1) is 0 Å². The van der Waals surface area contributed by atoms with Crippen LogP contribution < -0.4 is 16.4 Å². The van der Waals surface area contributed by atoms with E-state index in [9.17, 15) is 19.5 Å². The summed E-state index contributed by atoms with van der Waals surface area (Å²) in [6.07, 6.45) is 5.24. The third-order valence-corrected chi connectivity index (χ3v) is 7.55. The topological polar surface area (TPSA) is 152 Å². The maximum absolute atomic E-state index is 13.1. The molecule has 0 aromatic carbocycles. The van der Waals surface area contributed by atoms with Crippen molar-refractivity contribution in [3.8, 4) is 16.5 Å². The van der Waals surface area contributed by atoms with Gasteiger partial charge in [0, 0.05) is 44.4 Å². The summed E-state index contributed by atoms with van der Waals surface area (Å²) >= 11 is 1.36. The Hall–Kier alpha value is -4.26. The number of hydrogen-bond acceptors (Lipinski definition) is 8. The molecule has 1 saturated heterocycles. The molecule has 4 aromatic heterocycles. The largest absolute Gasteiger partial charge is 0.493 e. The molecule has 0 bridgehead atoms. The third kappa shape index (κ3) is 4.53. The predicted molar refractivity (Wildman–Crippen MR) is 135 cm³/mol. The molecule has 5 heterocycles. The number of aromatic nitrogens is 5. The Kier molecular flexibility index (Phi) is 5.63. The molecule has 2 amide bonds. The summed E-state index contributed by atoms with van der Waals surface area (Å²) in [5.41, 5.74) is 1.52. The minimum Gasteiger partial charge on any atom is -0.493 e. The van der Waals surface area contributed by atoms with E-state index in [1.54, 1.807) is 39.6 Å². The molecule has 0 radical (unpaired) electrons. The van der Waals surface area contributed by atoms with Crippen molar-refractivity contribution < 1.29 is 14.7 Å². The molecule has 1 saturated carbocycles. The molecule has 0 spiro atoms. The van der Waals surface area contributed by atoms with E-state index < -0.39 is 5.69 Å². The number of nitrogens with zero attached hydrogens (tertiary/aromatic N) is 6. The number of imidazole rings is 1. The van der Waals surface area contributed by atoms with E-state index in [1.165, 1.54) is 11.3 Å². The lowest BCUT2D eigenvalue weighted by Gasteiger charge is -2.33. The molecule has 0 unspecified atom stereocenters. The third-order valence-electron chi connectivity index (χ3n) is 6.46. The van der Waals surface area contributed by atoms with Crippen molar-refractivity contribution in [3.05, 3.63) is 56.2 Å². The van der Waals surface area contributed by atoms with Crippen LogP contribution >= 0.6 is 11.3 Å². The van der Waals surface area contributed by atoms with Crippen molar-refractivity contribution in [2.45, 2.75) is 25.8 Å². The number of amides is 2. The molecule has 2 fully saturated rings. The molecule has 0 atom stereocenters. The fourth-order valence-corrected chi connectivity index (χ4v) is 5.23. The second-order valence-electron chi connectivity index (χ2n) is 9.14. The molecule has 4 aromatic rings. The second-order valence-corrected chi connectivity index (χ2v) is 10.2. The number of piperazine rings is 1. The Balaban J connectivity index is 1.37. The smallest absolute Gasteiger partial charge is 0.326 e. The van der Waals surface area contributed by atoms with Crippen LogP contribution in [0.1, 0.15) is 35.1 Å². The van der Waals surface area contributed by atoms with Crippen molar-refractivity contribution >= 4 is 34.9 Å². The molecule has 1 aliphatic heterocycles. The predicted octanol–water partition coefficient (Wildman–Crippen LogP) is 0.0949. The number of aromatic amines is 2. The first-order valence-corrected chi connectivity index (χ1v) is 12.8. The summed E-state index contributed by atoms with van der Waals surface area (Å²) in [6.45, 7) is 3.62. The number of thiophene rings is 1. The number of rotatable bonds is 4. The summed E-state index contributed by atoms with van der Waals surface area (Å²) in [5, 5.41) is 15.0. The van der Waals surface area contributed by atoms with Crippen LogP contribution in [-0.4, -0.2) is 83.5 Å². The zero-order chi connectivity index (χ0) is 25.7. The molecule has 1 aliphatic carbocycles. The molecule has 12 nitrogen and oxygen atoms in total. The summed E-state index contributed by atoms with van der Waals surface area (Å²) in [7, 11) is 0. The zero-order valence-electron chi connectivity index (χ0n) is 20.0. The van der Waals surface area contributed by atoms with Gasteiger partial charge in [-0.3, -0.25) is 19.6 Å². The van der Waals surface area contributed by atoms with E-state index in [0.717, 1.165) is 17.7 Å². The Morgan fingerprint density at radius 3 is 2.59 bits per heavy atom. The minimum atomic E-state index is -0.517. The molecule has 190 valence electrons. The van der Waals surface area contributed by atoms with E-state index >= 15 is 0 Å². The number of aromatic hydroxyl groups is 1. The van der Waals surface area contributed by atoms with Gasteiger partial charge in [0.15, 0.2) is 11.1 Å². The first-order valence-electron chi connectivity index (χ1n) is 12.0.